The fourth-order valence-corrected chi connectivity index (χ4v) is 2.07. The van der Waals surface area contributed by atoms with Crippen LogP contribution in [0.1, 0.15) is 30.1 Å². The minimum absolute atomic E-state index is 0.0622. The summed E-state index contributed by atoms with van der Waals surface area (Å²) in [6, 6.07) is 2.97. The highest BCUT2D eigenvalue weighted by atomic mass is 19.4. The third-order valence-corrected chi connectivity index (χ3v) is 3.05. The minimum Gasteiger partial charge on any atom is -0.398 e. The minimum atomic E-state index is -4.43. The Kier molecular flexibility index (Phi) is 3.49. The molecule has 0 spiro atoms. The second-order valence-electron chi connectivity index (χ2n) is 4.34. The van der Waals surface area contributed by atoms with E-state index in [-0.39, 0.29) is 17.4 Å². The summed E-state index contributed by atoms with van der Waals surface area (Å²) >= 11 is 0. The normalized spacial score (nSPS) is 22.1. The number of anilines is 1. The molecule has 1 aliphatic rings. The molecule has 2 rings (SSSR count). The quantitative estimate of drug-likeness (QED) is 0.804. The molecule has 0 saturated carbocycles. The van der Waals surface area contributed by atoms with Crippen LogP contribution in [0.2, 0.25) is 0 Å². The SMILES string of the molecule is Nc1cc(C(F)(F)F)ccc1C(O)C1CCCO1. The summed E-state index contributed by atoms with van der Waals surface area (Å²) in [7, 11) is 0. The summed E-state index contributed by atoms with van der Waals surface area (Å²) in [5.41, 5.74) is 4.98. The first-order chi connectivity index (χ1) is 8.39. The largest absolute Gasteiger partial charge is 0.416 e. The number of aliphatic hydroxyl groups excluding tert-OH is 1. The van der Waals surface area contributed by atoms with Crippen LogP contribution in [0.3, 0.4) is 0 Å². The van der Waals surface area contributed by atoms with Crippen LogP contribution in [0.5, 0.6) is 0 Å². The van der Waals surface area contributed by atoms with Crippen molar-refractivity contribution in [3.8, 4) is 0 Å². The molecule has 0 radical (unpaired) electrons. The third kappa shape index (κ3) is 2.59. The van der Waals surface area contributed by atoms with E-state index in [1.165, 1.54) is 6.07 Å². The number of hydrogen-bond donors (Lipinski definition) is 2. The van der Waals surface area contributed by atoms with Crippen LogP contribution < -0.4 is 5.73 Å². The highest BCUT2D eigenvalue weighted by Gasteiger charge is 2.32. The highest BCUT2D eigenvalue weighted by molar-refractivity contribution is 5.51. The second-order valence-corrected chi connectivity index (χ2v) is 4.34. The maximum Gasteiger partial charge on any atom is 0.416 e. The van der Waals surface area contributed by atoms with Gasteiger partial charge in [-0.05, 0) is 25.0 Å². The van der Waals surface area contributed by atoms with E-state index in [9.17, 15) is 18.3 Å². The molecule has 0 aromatic heterocycles. The summed E-state index contributed by atoms with van der Waals surface area (Å²) in [5, 5.41) is 10.0. The molecular formula is C12H14F3NO2. The van der Waals surface area contributed by atoms with Crippen LogP contribution in [0.15, 0.2) is 18.2 Å². The number of hydrogen-bond acceptors (Lipinski definition) is 3. The van der Waals surface area contributed by atoms with Crippen molar-refractivity contribution in [3.05, 3.63) is 29.3 Å². The molecular weight excluding hydrogens is 247 g/mol. The predicted molar refractivity (Wildman–Crippen MR) is 59.8 cm³/mol. The smallest absolute Gasteiger partial charge is 0.398 e. The van der Waals surface area contributed by atoms with Gasteiger partial charge in [0.05, 0.1) is 11.7 Å². The van der Waals surface area contributed by atoms with Crippen molar-refractivity contribution in [3.63, 3.8) is 0 Å². The van der Waals surface area contributed by atoms with E-state index in [0.29, 0.717) is 13.0 Å². The molecule has 1 heterocycles. The lowest BCUT2D eigenvalue weighted by Crippen LogP contribution is -2.19. The molecule has 2 atom stereocenters. The molecule has 1 saturated heterocycles. The van der Waals surface area contributed by atoms with Crippen LogP contribution in [-0.2, 0) is 10.9 Å². The lowest BCUT2D eigenvalue weighted by atomic mass is 9.99. The van der Waals surface area contributed by atoms with Crippen molar-refractivity contribution in [2.45, 2.75) is 31.2 Å². The number of nitrogens with two attached hydrogens (primary N) is 1. The third-order valence-electron chi connectivity index (χ3n) is 3.05. The maximum absolute atomic E-state index is 12.5. The van der Waals surface area contributed by atoms with Crippen LogP contribution in [0.25, 0.3) is 0 Å². The highest BCUT2D eigenvalue weighted by Crippen LogP contribution is 2.35. The van der Waals surface area contributed by atoms with Crippen LogP contribution >= 0.6 is 0 Å². The predicted octanol–water partition coefficient (Wildman–Crippen LogP) is 2.50. The lowest BCUT2D eigenvalue weighted by molar-refractivity contribution is -0.137. The van der Waals surface area contributed by atoms with Crippen molar-refractivity contribution in [2.24, 2.45) is 0 Å². The van der Waals surface area contributed by atoms with E-state index < -0.39 is 17.8 Å². The summed E-state index contributed by atoms with van der Waals surface area (Å²) in [5.74, 6) is 0. The second kappa shape index (κ2) is 4.78. The van der Waals surface area contributed by atoms with Gasteiger partial charge in [0.25, 0.3) is 0 Å². The van der Waals surface area contributed by atoms with E-state index >= 15 is 0 Å². The molecule has 6 heteroatoms. The van der Waals surface area contributed by atoms with Gasteiger partial charge in [-0.2, -0.15) is 13.2 Å². The Morgan fingerprint density at radius 2 is 2.11 bits per heavy atom. The van der Waals surface area contributed by atoms with Crippen molar-refractivity contribution in [1.29, 1.82) is 0 Å². The van der Waals surface area contributed by atoms with Gasteiger partial charge in [-0.1, -0.05) is 6.07 Å². The van der Waals surface area contributed by atoms with Gasteiger partial charge in [0.2, 0.25) is 0 Å². The van der Waals surface area contributed by atoms with E-state index in [4.69, 9.17) is 10.5 Å². The number of benzene rings is 1. The van der Waals surface area contributed by atoms with E-state index in [1.54, 1.807) is 0 Å². The lowest BCUT2D eigenvalue weighted by Gasteiger charge is -2.20. The van der Waals surface area contributed by atoms with Gasteiger partial charge in [-0.3, -0.25) is 0 Å². The molecule has 100 valence electrons. The Bertz CT molecular complexity index is 428. The van der Waals surface area contributed by atoms with Crippen LogP contribution in [0, 0.1) is 0 Å². The topological polar surface area (TPSA) is 55.5 Å². The molecule has 0 aliphatic carbocycles. The number of nitrogen functional groups attached to an aromatic ring is 1. The van der Waals surface area contributed by atoms with Gasteiger partial charge in [-0.25, -0.2) is 0 Å². The molecule has 1 fully saturated rings. The summed E-state index contributed by atoms with van der Waals surface area (Å²) in [4.78, 5) is 0. The first kappa shape index (κ1) is 13.2. The van der Waals surface area contributed by atoms with Gasteiger partial charge in [0.15, 0.2) is 0 Å². The summed E-state index contributed by atoms with van der Waals surface area (Å²) in [6.45, 7) is 0.558. The Balaban J connectivity index is 2.24. The molecule has 18 heavy (non-hydrogen) atoms. The zero-order chi connectivity index (χ0) is 13.3. The number of rotatable bonds is 2. The van der Waals surface area contributed by atoms with E-state index in [0.717, 1.165) is 18.6 Å². The van der Waals surface area contributed by atoms with Crippen LogP contribution in [0.4, 0.5) is 18.9 Å². The standard InChI is InChI=1S/C12H14F3NO2/c13-12(14,15)7-3-4-8(9(16)6-7)11(17)10-2-1-5-18-10/h3-4,6,10-11,17H,1-2,5,16H2. The van der Waals surface area contributed by atoms with Crippen molar-refractivity contribution in [2.75, 3.05) is 12.3 Å². The fourth-order valence-electron chi connectivity index (χ4n) is 2.07. The Morgan fingerprint density at radius 3 is 2.61 bits per heavy atom. The Morgan fingerprint density at radius 1 is 1.39 bits per heavy atom. The monoisotopic (exact) mass is 261 g/mol. The molecule has 3 N–H and O–H groups in total. The van der Waals surface area contributed by atoms with Gasteiger partial charge >= 0.3 is 6.18 Å². The Hall–Kier alpha value is -1.27. The molecule has 0 bridgehead atoms. The van der Waals surface area contributed by atoms with E-state index in [2.05, 4.69) is 0 Å². The molecule has 3 nitrogen and oxygen atoms in total. The first-order valence-corrected chi connectivity index (χ1v) is 5.66. The number of alkyl halides is 3. The number of halogens is 3. The fraction of sp³-hybridized carbons (Fsp3) is 0.500. The molecule has 1 aliphatic heterocycles. The molecule has 1 aromatic rings. The van der Waals surface area contributed by atoms with Gasteiger partial charge in [-0.15, -0.1) is 0 Å². The number of ether oxygens (including phenoxy) is 1. The Labute approximate surface area is 102 Å². The summed E-state index contributed by atoms with van der Waals surface area (Å²) < 4.78 is 42.7. The average Bonchev–Trinajstić information content (AvgIpc) is 2.80. The molecule has 1 aromatic carbocycles. The van der Waals surface area contributed by atoms with Crippen LogP contribution in [-0.4, -0.2) is 17.8 Å². The summed E-state index contributed by atoms with van der Waals surface area (Å²) in [6.07, 6.45) is -4.27. The van der Waals surface area contributed by atoms with E-state index in [1.807, 2.05) is 0 Å². The van der Waals surface area contributed by atoms with Crippen molar-refractivity contribution >= 4 is 5.69 Å². The van der Waals surface area contributed by atoms with Gasteiger partial charge in [0.1, 0.15) is 6.10 Å². The maximum atomic E-state index is 12.5. The van der Waals surface area contributed by atoms with Crippen molar-refractivity contribution < 1.29 is 23.0 Å². The van der Waals surface area contributed by atoms with Gasteiger partial charge < -0.3 is 15.6 Å². The zero-order valence-electron chi connectivity index (χ0n) is 9.57. The van der Waals surface area contributed by atoms with Gasteiger partial charge in [0, 0.05) is 17.9 Å². The first-order valence-electron chi connectivity index (χ1n) is 5.66. The van der Waals surface area contributed by atoms with Crippen molar-refractivity contribution in [1.82, 2.24) is 0 Å². The zero-order valence-corrected chi connectivity index (χ0v) is 9.57. The number of aliphatic hydroxyl groups is 1. The molecule has 2 unspecified atom stereocenters. The molecule has 0 amide bonds. The average molecular weight is 261 g/mol.